The Kier molecular flexibility index (Phi) is 4.03. The molecule has 98 valence electrons. The second-order valence-electron chi connectivity index (χ2n) is 3.20. The van der Waals surface area contributed by atoms with Gasteiger partial charge in [-0.05, 0) is 7.05 Å². The van der Waals surface area contributed by atoms with Crippen LogP contribution in [0.1, 0.15) is 15.6 Å². The van der Waals surface area contributed by atoms with Crippen LogP contribution in [0.2, 0.25) is 0 Å². The van der Waals surface area contributed by atoms with E-state index in [0.29, 0.717) is 11.3 Å². The van der Waals surface area contributed by atoms with Crippen molar-refractivity contribution in [1.29, 1.82) is 0 Å². The highest BCUT2D eigenvalue weighted by Crippen LogP contribution is 2.35. The average Bonchev–Trinajstić information content (AvgIpc) is 2.44. The molecule has 2 nitrogen and oxygen atoms in total. The van der Waals surface area contributed by atoms with Crippen molar-refractivity contribution in [2.24, 2.45) is 0 Å². The van der Waals surface area contributed by atoms with E-state index < -0.39 is 29.5 Å². The molecule has 1 rings (SSSR count). The highest BCUT2D eigenvalue weighted by molar-refractivity contribution is 7.11. The first-order valence-electron chi connectivity index (χ1n) is 4.40. The van der Waals surface area contributed by atoms with E-state index in [9.17, 15) is 26.3 Å². The standard InChI is InChI=1S/C8H8F6N2S/c1-15-3-4-6(8(12,13)14)16-5(17-4)2-7(9,10)11/h15H,2-3H2,1H3. The van der Waals surface area contributed by atoms with E-state index >= 15 is 0 Å². The van der Waals surface area contributed by atoms with E-state index in [1.807, 2.05) is 0 Å². The summed E-state index contributed by atoms with van der Waals surface area (Å²) in [5.74, 6) is 0. The molecule has 0 radical (unpaired) electrons. The number of alkyl halides is 6. The number of hydrogen-bond acceptors (Lipinski definition) is 3. The lowest BCUT2D eigenvalue weighted by atomic mass is 10.3. The van der Waals surface area contributed by atoms with Gasteiger partial charge in [0.15, 0.2) is 5.69 Å². The van der Waals surface area contributed by atoms with Crippen LogP contribution in [0.5, 0.6) is 0 Å². The number of nitrogens with zero attached hydrogens (tertiary/aromatic N) is 1. The van der Waals surface area contributed by atoms with Crippen molar-refractivity contribution in [3.8, 4) is 0 Å². The summed E-state index contributed by atoms with van der Waals surface area (Å²) in [5.41, 5.74) is -1.24. The molecule has 0 fully saturated rings. The molecule has 0 atom stereocenters. The predicted octanol–water partition coefficient (Wildman–Crippen LogP) is 2.99. The SMILES string of the molecule is CNCc1sc(CC(F)(F)F)nc1C(F)(F)F. The summed E-state index contributed by atoms with van der Waals surface area (Å²) in [7, 11) is 1.41. The zero-order valence-corrected chi connectivity index (χ0v) is 9.35. The maximum atomic E-state index is 12.5. The van der Waals surface area contributed by atoms with Gasteiger partial charge in [0.2, 0.25) is 0 Å². The van der Waals surface area contributed by atoms with Gasteiger partial charge in [-0.3, -0.25) is 0 Å². The molecule has 1 aromatic rings. The molecule has 9 heteroatoms. The summed E-state index contributed by atoms with van der Waals surface area (Å²) in [4.78, 5) is 2.78. The number of hydrogen-bond donors (Lipinski definition) is 1. The Balaban J connectivity index is 3.04. The molecule has 1 aromatic heterocycles. The van der Waals surface area contributed by atoms with Crippen molar-refractivity contribution in [3.63, 3.8) is 0 Å². The summed E-state index contributed by atoms with van der Waals surface area (Å²) in [6.45, 7) is -0.162. The van der Waals surface area contributed by atoms with E-state index in [0.717, 1.165) is 0 Å². The van der Waals surface area contributed by atoms with Gasteiger partial charge in [0.25, 0.3) is 0 Å². The van der Waals surface area contributed by atoms with Crippen molar-refractivity contribution in [2.45, 2.75) is 25.3 Å². The monoisotopic (exact) mass is 278 g/mol. The van der Waals surface area contributed by atoms with E-state index in [1.165, 1.54) is 7.05 Å². The Morgan fingerprint density at radius 1 is 1.18 bits per heavy atom. The lowest BCUT2D eigenvalue weighted by molar-refractivity contribution is -0.142. The van der Waals surface area contributed by atoms with E-state index in [2.05, 4.69) is 10.3 Å². The van der Waals surface area contributed by atoms with Crippen molar-refractivity contribution < 1.29 is 26.3 Å². The molecule has 17 heavy (non-hydrogen) atoms. The summed E-state index contributed by atoms with van der Waals surface area (Å²) < 4.78 is 73.5. The minimum atomic E-state index is -4.73. The van der Waals surface area contributed by atoms with E-state index in [4.69, 9.17) is 0 Å². The van der Waals surface area contributed by atoms with Crippen LogP contribution in [0, 0.1) is 0 Å². The minimum Gasteiger partial charge on any atom is -0.315 e. The number of nitrogens with one attached hydrogen (secondary N) is 1. The van der Waals surface area contributed by atoms with Crippen molar-refractivity contribution >= 4 is 11.3 Å². The molecule has 0 saturated heterocycles. The molecule has 0 aliphatic heterocycles. The fourth-order valence-corrected chi connectivity index (χ4v) is 2.28. The highest BCUT2D eigenvalue weighted by Gasteiger charge is 2.39. The van der Waals surface area contributed by atoms with Crippen molar-refractivity contribution in [2.75, 3.05) is 7.05 Å². The third-order valence-electron chi connectivity index (χ3n) is 1.70. The summed E-state index contributed by atoms with van der Waals surface area (Å²) in [6, 6.07) is 0. The predicted molar refractivity (Wildman–Crippen MR) is 49.6 cm³/mol. The molecule has 1 heterocycles. The zero-order valence-electron chi connectivity index (χ0n) is 8.54. The van der Waals surface area contributed by atoms with Crippen LogP contribution >= 0.6 is 11.3 Å². The third kappa shape index (κ3) is 4.15. The summed E-state index contributed by atoms with van der Waals surface area (Å²) >= 11 is 0.424. The Morgan fingerprint density at radius 2 is 1.76 bits per heavy atom. The number of thiazole rings is 1. The Hall–Kier alpha value is -0.830. The quantitative estimate of drug-likeness (QED) is 0.860. The second-order valence-corrected chi connectivity index (χ2v) is 4.37. The van der Waals surface area contributed by atoms with Gasteiger partial charge in [-0.2, -0.15) is 26.3 Å². The molecule has 0 unspecified atom stereocenters. The molecule has 1 N–H and O–H groups in total. The highest BCUT2D eigenvalue weighted by atomic mass is 32.1. The van der Waals surface area contributed by atoms with Gasteiger partial charge in [-0.15, -0.1) is 11.3 Å². The van der Waals surface area contributed by atoms with Gasteiger partial charge in [-0.1, -0.05) is 0 Å². The summed E-state index contributed by atoms with van der Waals surface area (Å²) in [6.07, 6.45) is -10.7. The molecule has 0 saturated carbocycles. The molecule has 0 aliphatic carbocycles. The van der Waals surface area contributed by atoms with Crippen LogP contribution < -0.4 is 5.32 Å². The Morgan fingerprint density at radius 3 is 2.18 bits per heavy atom. The first kappa shape index (κ1) is 14.2. The van der Waals surface area contributed by atoms with Gasteiger partial charge >= 0.3 is 12.4 Å². The van der Waals surface area contributed by atoms with Crippen LogP contribution in [-0.2, 0) is 19.1 Å². The lowest BCUT2D eigenvalue weighted by Gasteiger charge is -2.05. The van der Waals surface area contributed by atoms with Gasteiger partial charge in [0, 0.05) is 6.54 Å². The third-order valence-corrected chi connectivity index (χ3v) is 2.75. The van der Waals surface area contributed by atoms with Crippen LogP contribution in [-0.4, -0.2) is 18.2 Å². The smallest absolute Gasteiger partial charge is 0.315 e. The van der Waals surface area contributed by atoms with Gasteiger partial charge in [-0.25, -0.2) is 4.98 Å². The van der Waals surface area contributed by atoms with Gasteiger partial charge in [0.1, 0.15) is 5.01 Å². The van der Waals surface area contributed by atoms with E-state index in [-0.39, 0.29) is 11.4 Å². The van der Waals surface area contributed by atoms with Crippen molar-refractivity contribution in [3.05, 3.63) is 15.6 Å². The lowest BCUT2D eigenvalue weighted by Crippen LogP contribution is -2.14. The van der Waals surface area contributed by atoms with Crippen LogP contribution in [0.15, 0.2) is 0 Å². The van der Waals surface area contributed by atoms with Crippen molar-refractivity contribution in [1.82, 2.24) is 10.3 Å². The molecule has 0 amide bonds. The maximum Gasteiger partial charge on any atom is 0.434 e. The Bertz CT molecular complexity index is 380. The van der Waals surface area contributed by atoms with Gasteiger partial charge < -0.3 is 5.32 Å². The second kappa shape index (κ2) is 4.81. The first-order chi connectivity index (χ1) is 7.63. The fraction of sp³-hybridized carbons (Fsp3) is 0.625. The number of rotatable bonds is 3. The molecule has 0 aromatic carbocycles. The molecule has 0 spiro atoms. The molecular formula is C8H8F6N2S. The van der Waals surface area contributed by atoms with Crippen LogP contribution in [0.4, 0.5) is 26.3 Å². The van der Waals surface area contributed by atoms with Crippen LogP contribution in [0.3, 0.4) is 0 Å². The zero-order chi connectivity index (χ0) is 13.3. The fourth-order valence-electron chi connectivity index (χ4n) is 1.15. The van der Waals surface area contributed by atoms with Gasteiger partial charge in [0.05, 0.1) is 11.3 Å². The van der Waals surface area contributed by atoms with E-state index in [1.54, 1.807) is 0 Å². The normalized spacial score (nSPS) is 13.1. The molecule has 0 aliphatic rings. The summed E-state index contributed by atoms with van der Waals surface area (Å²) in [5, 5.41) is 1.89. The molecule has 0 bridgehead atoms. The number of halogens is 6. The molecular weight excluding hydrogens is 270 g/mol. The van der Waals surface area contributed by atoms with Crippen LogP contribution in [0.25, 0.3) is 0 Å². The largest absolute Gasteiger partial charge is 0.434 e. The minimum absolute atomic E-state index is 0.162. The average molecular weight is 278 g/mol. The first-order valence-corrected chi connectivity index (χ1v) is 5.22. The number of aromatic nitrogens is 1. The topological polar surface area (TPSA) is 24.9 Å². The Labute approximate surface area is 96.7 Å². The maximum absolute atomic E-state index is 12.5.